The van der Waals surface area contributed by atoms with E-state index in [0.717, 1.165) is 31.3 Å². The number of thiocarbonyl (C=S) groups is 1. The van der Waals surface area contributed by atoms with Crippen molar-refractivity contribution in [3.05, 3.63) is 24.3 Å². The molecule has 1 aromatic rings. The molecule has 18 heavy (non-hydrogen) atoms. The molecule has 0 amide bonds. The number of pyridine rings is 1. The quantitative estimate of drug-likeness (QED) is 0.774. The lowest BCUT2D eigenvalue weighted by Gasteiger charge is -2.16. The van der Waals surface area contributed by atoms with Gasteiger partial charge in [-0.1, -0.05) is 12.2 Å². The lowest BCUT2D eigenvalue weighted by molar-refractivity contribution is 0.561. The van der Waals surface area contributed by atoms with Crippen molar-refractivity contribution in [2.75, 3.05) is 0 Å². The number of nitrogens with two attached hydrogens (primary N) is 1. The van der Waals surface area contributed by atoms with Gasteiger partial charge in [0.1, 0.15) is 10.7 Å². The smallest absolute Gasteiger partial charge is 0.242 e. The van der Waals surface area contributed by atoms with E-state index in [4.69, 9.17) is 18.0 Å². The second-order valence-corrected chi connectivity index (χ2v) is 6.36. The van der Waals surface area contributed by atoms with Gasteiger partial charge in [-0.25, -0.2) is 17.5 Å². The zero-order valence-electron chi connectivity index (χ0n) is 9.34. The predicted molar refractivity (Wildman–Crippen MR) is 67.8 cm³/mol. The Balaban J connectivity index is 2.23. The van der Waals surface area contributed by atoms with E-state index in [-0.39, 0.29) is 15.8 Å². The highest BCUT2D eigenvalue weighted by Crippen LogP contribution is 2.33. The number of hydrogen-bond acceptors (Lipinski definition) is 4. The SMILES string of the molecule is NC(=S)C(NS(=O)(=O)c1cncc(F)c1)C1CC1. The first-order valence-corrected chi connectivity index (χ1v) is 7.21. The molecule has 1 saturated carbocycles. The van der Waals surface area contributed by atoms with E-state index >= 15 is 0 Å². The van der Waals surface area contributed by atoms with Gasteiger partial charge < -0.3 is 5.73 Å². The maximum atomic E-state index is 13.0. The van der Waals surface area contributed by atoms with Gasteiger partial charge >= 0.3 is 0 Å². The first-order chi connectivity index (χ1) is 8.40. The van der Waals surface area contributed by atoms with Crippen LogP contribution in [-0.4, -0.2) is 24.4 Å². The van der Waals surface area contributed by atoms with Crippen LogP contribution in [-0.2, 0) is 10.0 Å². The van der Waals surface area contributed by atoms with Crippen molar-refractivity contribution in [3.8, 4) is 0 Å². The molecule has 1 aromatic heterocycles. The molecule has 2 rings (SSSR count). The molecule has 0 aromatic carbocycles. The first kappa shape index (κ1) is 13.3. The summed E-state index contributed by atoms with van der Waals surface area (Å²) >= 11 is 4.84. The number of rotatable bonds is 5. The molecule has 0 bridgehead atoms. The average Bonchev–Trinajstić information content (AvgIpc) is 3.09. The van der Waals surface area contributed by atoms with Crippen LogP contribution in [0.2, 0.25) is 0 Å². The van der Waals surface area contributed by atoms with E-state index in [2.05, 4.69) is 9.71 Å². The summed E-state index contributed by atoms with van der Waals surface area (Å²) in [5.41, 5.74) is 5.51. The minimum atomic E-state index is -3.85. The maximum absolute atomic E-state index is 13.0. The summed E-state index contributed by atoms with van der Waals surface area (Å²) in [5, 5.41) is 0. The zero-order valence-corrected chi connectivity index (χ0v) is 11.0. The number of sulfonamides is 1. The van der Waals surface area contributed by atoms with Crippen LogP contribution in [0.5, 0.6) is 0 Å². The van der Waals surface area contributed by atoms with Crippen molar-refractivity contribution in [1.29, 1.82) is 0 Å². The van der Waals surface area contributed by atoms with E-state index in [0.29, 0.717) is 0 Å². The molecule has 0 aliphatic heterocycles. The molecule has 1 atom stereocenters. The third-order valence-electron chi connectivity index (χ3n) is 2.67. The molecule has 98 valence electrons. The number of hydrogen-bond donors (Lipinski definition) is 2. The van der Waals surface area contributed by atoms with Crippen LogP contribution in [0.25, 0.3) is 0 Å². The monoisotopic (exact) mass is 289 g/mol. The van der Waals surface area contributed by atoms with E-state index in [1.807, 2.05) is 0 Å². The molecule has 1 fully saturated rings. The molecule has 8 heteroatoms. The molecule has 0 spiro atoms. The summed E-state index contributed by atoms with van der Waals surface area (Å²) in [7, 11) is -3.85. The molecule has 3 N–H and O–H groups in total. The van der Waals surface area contributed by atoms with Crippen LogP contribution in [0.1, 0.15) is 12.8 Å². The van der Waals surface area contributed by atoms with E-state index in [1.165, 1.54) is 0 Å². The molecular formula is C10H12FN3O2S2. The van der Waals surface area contributed by atoms with Crippen molar-refractivity contribution < 1.29 is 12.8 Å². The molecule has 0 saturated heterocycles. The Morgan fingerprint density at radius 1 is 1.56 bits per heavy atom. The highest BCUT2D eigenvalue weighted by Gasteiger charge is 2.36. The Hall–Kier alpha value is -1.12. The molecule has 0 radical (unpaired) electrons. The van der Waals surface area contributed by atoms with Gasteiger partial charge in [0.25, 0.3) is 0 Å². The van der Waals surface area contributed by atoms with Gasteiger partial charge in [0.2, 0.25) is 10.0 Å². The van der Waals surface area contributed by atoms with Crippen LogP contribution >= 0.6 is 12.2 Å². The van der Waals surface area contributed by atoms with Crippen LogP contribution < -0.4 is 10.5 Å². The van der Waals surface area contributed by atoms with Gasteiger partial charge in [-0.05, 0) is 24.8 Å². The van der Waals surface area contributed by atoms with Crippen molar-refractivity contribution in [2.45, 2.75) is 23.8 Å². The summed E-state index contributed by atoms with van der Waals surface area (Å²) in [6.07, 6.45) is 3.78. The van der Waals surface area contributed by atoms with Crippen molar-refractivity contribution in [3.63, 3.8) is 0 Å². The van der Waals surface area contributed by atoms with Crippen molar-refractivity contribution >= 4 is 27.2 Å². The Morgan fingerprint density at radius 3 is 2.72 bits per heavy atom. The van der Waals surface area contributed by atoms with E-state index in [1.54, 1.807) is 0 Å². The predicted octanol–water partition coefficient (Wildman–Crippen LogP) is 0.564. The van der Waals surface area contributed by atoms with E-state index < -0.39 is 21.9 Å². The fourth-order valence-corrected chi connectivity index (χ4v) is 3.17. The number of aromatic nitrogens is 1. The van der Waals surface area contributed by atoms with Gasteiger partial charge in [-0.15, -0.1) is 0 Å². The van der Waals surface area contributed by atoms with Gasteiger partial charge in [0.15, 0.2) is 0 Å². The van der Waals surface area contributed by atoms with Gasteiger partial charge in [-0.2, -0.15) is 0 Å². The Morgan fingerprint density at radius 2 is 2.22 bits per heavy atom. The summed E-state index contributed by atoms with van der Waals surface area (Å²) in [5.74, 6) is -0.574. The topological polar surface area (TPSA) is 85.1 Å². The second kappa shape index (κ2) is 4.87. The van der Waals surface area contributed by atoms with Gasteiger partial charge in [-0.3, -0.25) is 4.98 Å². The Labute approximate surface area is 110 Å². The Kier molecular flexibility index (Phi) is 3.60. The lowest BCUT2D eigenvalue weighted by atomic mass is 10.2. The second-order valence-electron chi connectivity index (χ2n) is 4.18. The third kappa shape index (κ3) is 3.01. The molecular weight excluding hydrogens is 277 g/mol. The first-order valence-electron chi connectivity index (χ1n) is 5.32. The minimum Gasteiger partial charge on any atom is -0.392 e. The van der Waals surface area contributed by atoms with Gasteiger partial charge in [0.05, 0.1) is 17.2 Å². The highest BCUT2D eigenvalue weighted by atomic mass is 32.2. The lowest BCUT2D eigenvalue weighted by Crippen LogP contribution is -2.44. The normalized spacial score (nSPS) is 17.4. The highest BCUT2D eigenvalue weighted by molar-refractivity contribution is 7.89. The third-order valence-corrected chi connectivity index (χ3v) is 4.33. The summed E-state index contributed by atoms with van der Waals surface area (Å²) < 4.78 is 39.4. The molecule has 1 aliphatic carbocycles. The molecule has 1 aliphatic rings. The van der Waals surface area contributed by atoms with E-state index in [9.17, 15) is 12.8 Å². The Bertz CT molecular complexity index is 572. The molecule has 5 nitrogen and oxygen atoms in total. The van der Waals surface area contributed by atoms with Gasteiger partial charge in [0, 0.05) is 6.20 Å². The standard InChI is InChI=1S/C10H12FN3O2S2/c11-7-3-8(5-13-4-7)18(15,16)14-9(10(12)17)6-1-2-6/h3-6,9,14H,1-2H2,(H2,12,17). The van der Waals surface area contributed by atoms with Crippen molar-refractivity contribution in [2.24, 2.45) is 11.7 Å². The van der Waals surface area contributed by atoms with Crippen molar-refractivity contribution in [1.82, 2.24) is 9.71 Å². The maximum Gasteiger partial charge on any atom is 0.242 e. The fraction of sp³-hybridized carbons (Fsp3) is 0.400. The van der Waals surface area contributed by atoms with Crippen LogP contribution in [0.4, 0.5) is 4.39 Å². The molecule has 1 heterocycles. The zero-order chi connectivity index (χ0) is 13.3. The number of nitrogens with one attached hydrogen (secondary N) is 1. The fourth-order valence-electron chi connectivity index (χ4n) is 1.59. The number of nitrogens with zero attached hydrogens (tertiary/aromatic N) is 1. The van der Waals surface area contributed by atoms with Crippen LogP contribution in [0, 0.1) is 11.7 Å². The summed E-state index contributed by atoms with van der Waals surface area (Å²) in [4.78, 5) is 3.38. The number of halogens is 1. The summed E-state index contributed by atoms with van der Waals surface area (Å²) in [6, 6.07) is 0.326. The largest absolute Gasteiger partial charge is 0.392 e. The van der Waals surface area contributed by atoms with Crippen LogP contribution in [0.3, 0.4) is 0 Å². The average molecular weight is 289 g/mol. The minimum absolute atomic E-state index is 0.102. The molecule has 1 unspecified atom stereocenters. The van der Waals surface area contributed by atoms with Crippen LogP contribution in [0.15, 0.2) is 23.4 Å². The summed E-state index contributed by atoms with van der Waals surface area (Å²) in [6.45, 7) is 0.